The summed E-state index contributed by atoms with van der Waals surface area (Å²) in [5.41, 5.74) is 0.718. The Kier molecular flexibility index (Phi) is 6.69. The molecule has 126 valence electrons. The van der Waals surface area contributed by atoms with Gasteiger partial charge in [0.05, 0.1) is 22.1 Å². The zero-order valence-corrected chi connectivity index (χ0v) is 14.4. The molecule has 1 heterocycles. The molecule has 0 radical (unpaired) electrons. The van der Waals surface area contributed by atoms with Crippen LogP contribution >= 0.6 is 23.2 Å². The van der Waals surface area contributed by atoms with Crippen molar-refractivity contribution in [2.24, 2.45) is 0 Å². The molecule has 3 amide bonds. The summed E-state index contributed by atoms with van der Waals surface area (Å²) >= 11 is 12.0. The summed E-state index contributed by atoms with van der Waals surface area (Å²) in [5.74, 6) is -0.901. The van der Waals surface area contributed by atoms with Crippen LogP contribution < -0.4 is 10.6 Å². The van der Waals surface area contributed by atoms with E-state index in [2.05, 4.69) is 10.6 Å². The topological polar surface area (TPSA) is 67.4 Å². The highest BCUT2D eigenvalue weighted by molar-refractivity contribution is 6.42. The van der Waals surface area contributed by atoms with E-state index in [0.717, 1.165) is 24.8 Å². The number of imide groups is 1. The number of urea groups is 1. The Morgan fingerprint density at radius 2 is 2.09 bits per heavy atom. The molecule has 2 atom stereocenters. The van der Waals surface area contributed by atoms with E-state index in [1.165, 1.54) is 7.05 Å². The number of carbonyl (C=O) groups excluding carboxylic acids is 2. The molecular formula is C16H20Cl2N2O3. The maximum atomic E-state index is 12.5. The summed E-state index contributed by atoms with van der Waals surface area (Å²) < 4.78 is 5.73. The second-order valence-corrected chi connectivity index (χ2v) is 6.33. The van der Waals surface area contributed by atoms with Crippen LogP contribution in [0.2, 0.25) is 10.0 Å². The third-order valence-electron chi connectivity index (χ3n) is 3.90. The van der Waals surface area contributed by atoms with Crippen molar-refractivity contribution in [3.63, 3.8) is 0 Å². The van der Waals surface area contributed by atoms with Crippen LogP contribution in [0.3, 0.4) is 0 Å². The maximum Gasteiger partial charge on any atom is 0.321 e. The van der Waals surface area contributed by atoms with Crippen molar-refractivity contribution < 1.29 is 14.3 Å². The van der Waals surface area contributed by atoms with Crippen molar-refractivity contribution in [3.05, 3.63) is 33.8 Å². The van der Waals surface area contributed by atoms with Crippen LogP contribution in [-0.2, 0) is 9.53 Å². The number of nitrogens with one attached hydrogen (secondary N) is 2. The second-order valence-electron chi connectivity index (χ2n) is 5.52. The molecule has 0 aromatic heterocycles. The van der Waals surface area contributed by atoms with E-state index in [9.17, 15) is 9.59 Å². The SMILES string of the molecule is CNC(=O)NC(=O)C(CC1CCCCO1)c1ccc(Cl)c(Cl)c1. The molecule has 1 aliphatic rings. The Hall–Kier alpha value is -1.30. The van der Waals surface area contributed by atoms with E-state index in [1.54, 1.807) is 18.2 Å². The first-order chi connectivity index (χ1) is 11.0. The lowest BCUT2D eigenvalue weighted by Crippen LogP contribution is -2.41. The summed E-state index contributed by atoms with van der Waals surface area (Å²) in [6.45, 7) is 0.704. The lowest BCUT2D eigenvalue weighted by molar-refractivity contribution is -0.122. The first-order valence-corrected chi connectivity index (χ1v) is 8.36. The number of halogens is 2. The van der Waals surface area contributed by atoms with E-state index in [1.807, 2.05) is 0 Å². The fourth-order valence-electron chi connectivity index (χ4n) is 2.64. The molecule has 0 bridgehead atoms. The third kappa shape index (κ3) is 5.09. The quantitative estimate of drug-likeness (QED) is 0.865. The zero-order chi connectivity index (χ0) is 16.8. The molecule has 5 nitrogen and oxygen atoms in total. The molecule has 1 fully saturated rings. The van der Waals surface area contributed by atoms with Gasteiger partial charge in [-0.3, -0.25) is 10.1 Å². The van der Waals surface area contributed by atoms with Crippen LogP contribution in [-0.4, -0.2) is 31.7 Å². The standard InChI is InChI=1S/C16H20Cl2N2O3/c1-19-16(22)20-15(21)12(9-11-4-2-3-7-23-11)10-5-6-13(17)14(18)8-10/h5-6,8,11-12H,2-4,7,9H2,1H3,(H2,19,20,21,22). The molecule has 0 aliphatic carbocycles. The van der Waals surface area contributed by atoms with Crippen LogP contribution in [0.25, 0.3) is 0 Å². The molecule has 23 heavy (non-hydrogen) atoms. The van der Waals surface area contributed by atoms with Gasteiger partial charge in [0.1, 0.15) is 0 Å². The molecule has 7 heteroatoms. The lowest BCUT2D eigenvalue weighted by atomic mass is 9.90. The first kappa shape index (κ1) is 18.0. The van der Waals surface area contributed by atoms with Gasteiger partial charge in [0.15, 0.2) is 0 Å². The van der Waals surface area contributed by atoms with Gasteiger partial charge in [-0.05, 0) is 43.4 Å². The molecule has 0 saturated carbocycles. The van der Waals surface area contributed by atoms with Gasteiger partial charge in [-0.1, -0.05) is 29.3 Å². The summed E-state index contributed by atoms with van der Waals surface area (Å²) in [7, 11) is 1.46. The molecule has 1 saturated heterocycles. The fraction of sp³-hybridized carbons (Fsp3) is 0.500. The highest BCUT2D eigenvalue weighted by atomic mass is 35.5. The van der Waals surface area contributed by atoms with Crippen LogP contribution in [0.1, 0.15) is 37.2 Å². The largest absolute Gasteiger partial charge is 0.378 e. The van der Waals surface area contributed by atoms with Crippen LogP contribution in [0, 0.1) is 0 Å². The smallest absolute Gasteiger partial charge is 0.321 e. The van der Waals surface area contributed by atoms with Crippen molar-refractivity contribution >= 4 is 35.1 Å². The molecular weight excluding hydrogens is 339 g/mol. The van der Waals surface area contributed by atoms with Gasteiger partial charge in [0, 0.05) is 13.7 Å². The normalized spacial score (nSPS) is 19.0. The van der Waals surface area contributed by atoms with Crippen LogP contribution in [0.4, 0.5) is 4.79 Å². The number of hydrogen-bond donors (Lipinski definition) is 2. The highest BCUT2D eigenvalue weighted by Crippen LogP contribution is 2.31. The summed E-state index contributed by atoms with van der Waals surface area (Å²) in [4.78, 5) is 23.9. The van der Waals surface area contributed by atoms with E-state index >= 15 is 0 Å². The Morgan fingerprint density at radius 3 is 2.70 bits per heavy atom. The average Bonchev–Trinajstić information content (AvgIpc) is 2.56. The maximum absolute atomic E-state index is 12.5. The predicted octanol–water partition coefficient (Wildman–Crippen LogP) is 3.49. The van der Waals surface area contributed by atoms with Gasteiger partial charge in [-0.2, -0.15) is 0 Å². The lowest BCUT2D eigenvalue weighted by Gasteiger charge is -2.26. The molecule has 2 rings (SSSR count). The minimum absolute atomic E-state index is 0.00126. The minimum Gasteiger partial charge on any atom is -0.378 e. The molecule has 1 aliphatic heterocycles. The number of rotatable bonds is 4. The van der Waals surface area contributed by atoms with Crippen molar-refractivity contribution in [3.8, 4) is 0 Å². The Labute approximate surface area is 145 Å². The number of ether oxygens (including phenoxy) is 1. The van der Waals surface area contributed by atoms with Gasteiger partial charge in [0.2, 0.25) is 5.91 Å². The van der Waals surface area contributed by atoms with Crippen molar-refractivity contribution in [2.45, 2.75) is 37.7 Å². The predicted molar refractivity (Wildman–Crippen MR) is 90.0 cm³/mol. The van der Waals surface area contributed by atoms with Crippen molar-refractivity contribution in [1.29, 1.82) is 0 Å². The van der Waals surface area contributed by atoms with Gasteiger partial charge in [0.25, 0.3) is 0 Å². The van der Waals surface area contributed by atoms with E-state index < -0.39 is 11.9 Å². The fourth-order valence-corrected chi connectivity index (χ4v) is 2.95. The third-order valence-corrected chi connectivity index (χ3v) is 4.64. The summed E-state index contributed by atoms with van der Waals surface area (Å²) in [6, 6.07) is 4.54. The number of carbonyl (C=O) groups is 2. The highest BCUT2D eigenvalue weighted by Gasteiger charge is 2.27. The molecule has 2 unspecified atom stereocenters. The van der Waals surface area contributed by atoms with Crippen molar-refractivity contribution in [2.75, 3.05) is 13.7 Å². The number of amides is 3. The van der Waals surface area contributed by atoms with E-state index in [4.69, 9.17) is 27.9 Å². The monoisotopic (exact) mass is 358 g/mol. The van der Waals surface area contributed by atoms with E-state index in [-0.39, 0.29) is 12.0 Å². The van der Waals surface area contributed by atoms with Gasteiger partial charge < -0.3 is 10.1 Å². The summed E-state index contributed by atoms with van der Waals surface area (Å²) in [5, 5.41) is 5.51. The first-order valence-electron chi connectivity index (χ1n) is 7.60. The van der Waals surface area contributed by atoms with Gasteiger partial charge in [-0.15, -0.1) is 0 Å². The molecule has 2 N–H and O–H groups in total. The van der Waals surface area contributed by atoms with Crippen LogP contribution in [0.15, 0.2) is 18.2 Å². The summed E-state index contributed by atoms with van der Waals surface area (Å²) in [6.07, 6.45) is 3.53. The average molecular weight is 359 g/mol. The zero-order valence-electron chi connectivity index (χ0n) is 12.9. The molecule has 0 spiro atoms. The second kappa shape index (κ2) is 8.52. The number of hydrogen-bond acceptors (Lipinski definition) is 3. The number of benzene rings is 1. The van der Waals surface area contributed by atoms with Crippen LogP contribution in [0.5, 0.6) is 0 Å². The molecule has 1 aromatic carbocycles. The molecule has 1 aromatic rings. The van der Waals surface area contributed by atoms with Crippen molar-refractivity contribution in [1.82, 2.24) is 10.6 Å². The van der Waals surface area contributed by atoms with Gasteiger partial charge in [-0.25, -0.2) is 4.79 Å². The van der Waals surface area contributed by atoms with Gasteiger partial charge >= 0.3 is 6.03 Å². The minimum atomic E-state index is -0.537. The Balaban J connectivity index is 2.20. The Morgan fingerprint density at radius 1 is 1.30 bits per heavy atom. The Bertz CT molecular complexity index is 574. The van der Waals surface area contributed by atoms with E-state index in [0.29, 0.717) is 23.1 Å².